The van der Waals surface area contributed by atoms with Crippen molar-refractivity contribution < 1.29 is 4.79 Å². The van der Waals surface area contributed by atoms with Crippen LogP contribution in [-0.4, -0.2) is 34.3 Å². The summed E-state index contributed by atoms with van der Waals surface area (Å²) in [5.41, 5.74) is 2.03. The summed E-state index contributed by atoms with van der Waals surface area (Å²) in [6.45, 7) is 0.880. The molecule has 1 aliphatic heterocycles. The van der Waals surface area contributed by atoms with E-state index in [1.54, 1.807) is 16.2 Å². The van der Waals surface area contributed by atoms with Gasteiger partial charge in [0.05, 0.1) is 4.34 Å². The number of hydrogen-bond donors (Lipinski definition) is 0. The normalized spacial score (nSPS) is 14.5. The van der Waals surface area contributed by atoms with Crippen LogP contribution in [0.25, 0.3) is 0 Å². The molecule has 0 N–H and O–H groups in total. The largest absolute Gasteiger partial charge is 0.327 e. The Morgan fingerprint density at radius 1 is 1.12 bits per heavy atom. The number of amides is 1. The summed E-state index contributed by atoms with van der Waals surface area (Å²) in [6.07, 6.45) is 0.666. The molecular weight excluding hydrogens is 370 g/mol. The number of nitrogens with zero attached hydrogens (tertiary/aromatic N) is 5. The summed E-state index contributed by atoms with van der Waals surface area (Å²) >= 11 is 7.56. The number of halogens is 1. The lowest BCUT2D eigenvalue weighted by atomic mass is 10.1. The number of thiophene rings is 1. The summed E-state index contributed by atoms with van der Waals surface area (Å²) in [5, 5.41) is 8.69. The highest BCUT2D eigenvalue weighted by Crippen LogP contribution is 2.28. The Kier molecular flexibility index (Phi) is 4.42. The van der Waals surface area contributed by atoms with E-state index >= 15 is 0 Å². The lowest BCUT2D eigenvalue weighted by molar-refractivity contribution is -0.117. The molecule has 1 aromatic carbocycles. The van der Waals surface area contributed by atoms with Gasteiger partial charge in [0.25, 0.3) is 0 Å². The number of carbonyl (C=O) groups is 1. The Morgan fingerprint density at radius 2 is 1.92 bits per heavy atom. The maximum absolute atomic E-state index is 12.6. The summed E-state index contributed by atoms with van der Waals surface area (Å²) < 4.78 is 2.72. The number of rotatable bonds is 3. The Bertz CT molecular complexity index is 966. The van der Waals surface area contributed by atoms with Crippen LogP contribution in [0, 0.1) is 0 Å². The first-order valence-corrected chi connectivity index (χ1v) is 9.44. The van der Waals surface area contributed by atoms with Crippen molar-refractivity contribution in [2.45, 2.75) is 13.0 Å². The smallest absolute Gasteiger partial charge is 0.246 e. The van der Waals surface area contributed by atoms with Crippen LogP contribution in [0.5, 0.6) is 0 Å². The molecule has 0 saturated carbocycles. The maximum atomic E-state index is 12.6. The minimum atomic E-state index is 0.0320. The number of fused-ring (bicyclic) bond motifs is 1. The molecule has 2 aromatic heterocycles. The van der Waals surface area contributed by atoms with Crippen molar-refractivity contribution >= 4 is 40.5 Å². The molecule has 0 saturated heterocycles. The van der Waals surface area contributed by atoms with Gasteiger partial charge in [-0.1, -0.05) is 29.8 Å². The molecule has 0 radical (unpaired) electrons. The summed E-state index contributed by atoms with van der Waals surface area (Å²) in [5.74, 6) is 1.57. The van der Waals surface area contributed by atoms with Crippen LogP contribution in [0.4, 0.5) is 11.6 Å². The number of anilines is 2. The molecule has 1 aliphatic rings. The number of benzene rings is 1. The molecule has 0 atom stereocenters. The standard InChI is InChI=1S/C18H18ClN5OS/c1-22-14-6-4-3-5-12(14)10-24(11-17(22)25)18-21-20-16(23(18)2)9-13-7-8-15(19)26-13/h3-8H,9-11H2,1-2H3. The molecule has 1 amide bonds. The van der Waals surface area contributed by atoms with Crippen LogP contribution in [0.3, 0.4) is 0 Å². The number of likely N-dealkylation sites (N-methyl/N-ethyl adjacent to an activating group) is 1. The Morgan fingerprint density at radius 3 is 2.69 bits per heavy atom. The predicted molar refractivity (Wildman–Crippen MR) is 104 cm³/mol. The lowest BCUT2D eigenvalue weighted by Crippen LogP contribution is -2.36. The van der Waals surface area contributed by atoms with Gasteiger partial charge in [-0.25, -0.2) is 0 Å². The Balaban J connectivity index is 1.64. The molecule has 134 valence electrons. The van der Waals surface area contributed by atoms with E-state index in [2.05, 4.69) is 10.2 Å². The topological polar surface area (TPSA) is 54.3 Å². The molecule has 0 unspecified atom stereocenters. The van der Waals surface area contributed by atoms with E-state index in [1.165, 1.54) is 0 Å². The first-order chi connectivity index (χ1) is 12.5. The zero-order chi connectivity index (χ0) is 18.3. The highest BCUT2D eigenvalue weighted by atomic mass is 35.5. The lowest BCUT2D eigenvalue weighted by Gasteiger charge is -2.20. The van der Waals surface area contributed by atoms with Gasteiger partial charge < -0.3 is 14.4 Å². The zero-order valence-electron chi connectivity index (χ0n) is 14.5. The quantitative estimate of drug-likeness (QED) is 0.693. The Labute approximate surface area is 160 Å². The van der Waals surface area contributed by atoms with E-state index in [1.807, 2.05) is 60.0 Å². The van der Waals surface area contributed by atoms with E-state index in [9.17, 15) is 4.79 Å². The van der Waals surface area contributed by atoms with Crippen LogP contribution in [0.15, 0.2) is 36.4 Å². The van der Waals surface area contributed by atoms with Crippen molar-refractivity contribution in [2.75, 3.05) is 23.4 Å². The van der Waals surface area contributed by atoms with E-state index < -0.39 is 0 Å². The fraction of sp³-hybridized carbons (Fsp3) is 0.278. The second-order valence-corrected chi connectivity index (χ2v) is 8.10. The highest BCUT2D eigenvalue weighted by Gasteiger charge is 2.26. The molecule has 26 heavy (non-hydrogen) atoms. The van der Waals surface area contributed by atoms with E-state index in [0.29, 0.717) is 18.9 Å². The average molecular weight is 388 g/mol. The number of para-hydroxylation sites is 1. The van der Waals surface area contributed by atoms with Crippen molar-refractivity contribution in [1.82, 2.24) is 14.8 Å². The van der Waals surface area contributed by atoms with Crippen LogP contribution >= 0.6 is 22.9 Å². The van der Waals surface area contributed by atoms with Crippen molar-refractivity contribution in [3.63, 3.8) is 0 Å². The fourth-order valence-corrected chi connectivity index (χ4v) is 4.25. The summed E-state index contributed by atoms with van der Waals surface area (Å²) in [4.78, 5) is 17.4. The van der Waals surface area contributed by atoms with Crippen LogP contribution in [-0.2, 0) is 24.8 Å². The van der Waals surface area contributed by atoms with Gasteiger partial charge >= 0.3 is 0 Å². The highest BCUT2D eigenvalue weighted by molar-refractivity contribution is 7.16. The molecule has 0 aliphatic carbocycles. The van der Waals surface area contributed by atoms with Gasteiger partial charge in [0.15, 0.2) is 0 Å². The summed E-state index contributed by atoms with van der Waals surface area (Å²) in [6, 6.07) is 11.8. The van der Waals surface area contributed by atoms with Crippen LogP contribution in [0.2, 0.25) is 4.34 Å². The van der Waals surface area contributed by atoms with Crippen molar-refractivity contribution in [1.29, 1.82) is 0 Å². The summed E-state index contributed by atoms with van der Waals surface area (Å²) in [7, 11) is 3.75. The van der Waals surface area contributed by atoms with E-state index in [0.717, 1.165) is 26.3 Å². The van der Waals surface area contributed by atoms with Gasteiger partial charge in [0.1, 0.15) is 12.4 Å². The molecule has 3 heterocycles. The van der Waals surface area contributed by atoms with Gasteiger partial charge in [-0.2, -0.15) is 0 Å². The second-order valence-electron chi connectivity index (χ2n) is 6.30. The molecule has 0 spiro atoms. The van der Waals surface area contributed by atoms with Gasteiger partial charge in [-0.05, 0) is 23.8 Å². The van der Waals surface area contributed by atoms with Crippen LogP contribution < -0.4 is 9.80 Å². The Hall–Kier alpha value is -2.38. The third kappa shape index (κ3) is 3.08. The third-order valence-electron chi connectivity index (χ3n) is 4.60. The van der Waals surface area contributed by atoms with Crippen molar-refractivity contribution in [3.8, 4) is 0 Å². The van der Waals surface area contributed by atoms with E-state index in [-0.39, 0.29) is 12.5 Å². The molecule has 0 bridgehead atoms. The van der Waals surface area contributed by atoms with Crippen molar-refractivity contribution in [3.05, 3.63) is 57.0 Å². The zero-order valence-corrected chi connectivity index (χ0v) is 16.1. The molecule has 0 fully saturated rings. The van der Waals surface area contributed by atoms with Gasteiger partial charge in [-0.15, -0.1) is 21.5 Å². The SMILES string of the molecule is CN1C(=O)CN(c2nnc(Cc3ccc(Cl)s3)n2C)Cc2ccccc21. The second kappa shape index (κ2) is 6.74. The predicted octanol–water partition coefficient (Wildman–Crippen LogP) is 3.10. The minimum absolute atomic E-state index is 0.0320. The molecule has 6 nitrogen and oxygen atoms in total. The molecule has 3 aromatic rings. The molecule has 8 heteroatoms. The maximum Gasteiger partial charge on any atom is 0.246 e. The number of aromatic nitrogens is 3. The van der Waals surface area contributed by atoms with Crippen LogP contribution in [0.1, 0.15) is 16.3 Å². The number of carbonyl (C=O) groups excluding carboxylic acids is 1. The number of hydrogen-bond acceptors (Lipinski definition) is 5. The first-order valence-electron chi connectivity index (χ1n) is 8.25. The fourth-order valence-electron chi connectivity index (χ4n) is 3.16. The minimum Gasteiger partial charge on any atom is -0.327 e. The van der Waals surface area contributed by atoms with Gasteiger partial charge in [0, 0.05) is 37.6 Å². The first kappa shape index (κ1) is 17.1. The van der Waals surface area contributed by atoms with E-state index in [4.69, 9.17) is 11.6 Å². The molecule has 4 rings (SSSR count). The average Bonchev–Trinajstić information content (AvgIpc) is 3.17. The third-order valence-corrected chi connectivity index (χ3v) is 5.83. The van der Waals surface area contributed by atoms with Crippen molar-refractivity contribution in [2.24, 2.45) is 7.05 Å². The van der Waals surface area contributed by atoms with Gasteiger partial charge in [-0.3, -0.25) is 4.79 Å². The van der Waals surface area contributed by atoms with Gasteiger partial charge in [0.2, 0.25) is 11.9 Å². The monoisotopic (exact) mass is 387 g/mol. The molecular formula is C18H18ClN5OS.